The predicted molar refractivity (Wildman–Crippen MR) is 113 cm³/mol. The predicted octanol–water partition coefficient (Wildman–Crippen LogP) is 5.85. The highest BCUT2D eigenvalue weighted by Crippen LogP contribution is 2.19. The molecule has 0 unspecified atom stereocenters. The van der Waals surface area contributed by atoms with Gasteiger partial charge in [0.2, 0.25) is 0 Å². The van der Waals surface area contributed by atoms with Crippen molar-refractivity contribution in [3.63, 3.8) is 0 Å². The van der Waals surface area contributed by atoms with Crippen LogP contribution >= 0.6 is 0 Å². The minimum Gasteiger partial charge on any atom is -0.485 e. The van der Waals surface area contributed by atoms with Crippen molar-refractivity contribution in [1.29, 1.82) is 0 Å². The summed E-state index contributed by atoms with van der Waals surface area (Å²) < 4.78 is 13.5. The molecular formula is C25H21NO3. The summed E-state index contributed by atoms with van der Waals surface area (Å²) in [6.07, 6.45) is 7.10. The van der Waals surface area contributed by atoms with Gasteiger partial charge >= 0.3 is 0 Å². The molecule has 0 bridgehead atoms. The van der Waals surface area contributed by atoms with Crippen LogP contribution in [-0.2, 0) is 6.61 Å². The number of carbonyl (C=O) groups excluding carboxylic acids is 1. The van der Waals surface area contributed by atoms with Crippen LogP contribution in [0.25, 0.3) is 11.8 Å². The SMILES string of the molecule is Cc1ccccc1OCc1ccc(/C=C/C(=O)c2cccc(-n3cccc3)c2)o1. The van der Waals surface area contributed by atoms with Crippen molar-refractivity contribution in [2.75, 3.05) is 0 Å². The van der Waals surface area contributed by atoms with Crippen molar-refractivity contribution < 1.29 is 13.9 Å². The van der Waals surface area contributed by atoms with Crippen LogP contribution in [-0.4, -0.2) is 10.4 Å². The summed E-state index contributed by atoms with van der Waals surface area (Å²) in [7, 11) is 0. The summed E-state index contributed by atoms with van der Waals surface area (Å²) in [4.78, 5) is 12.5. The number of aryl methyl sites for hydroxylation is 1. The second kappa shape index (κ2) is 8.48. The minimum absolute atomic E-state index is 0.0758. The maximum absolute atomic E-state index is 12.5. The van der Waals surface area contributed by atoms with Crippen LogP contribution in [0.2, 0.25) is 0 Å². The zero-order chi connectivity index (χ0) is 20.1. The lowest BCUT2D eigenvalue weighted by molar-refractivity contribution is 0.104. The Balaban J connectivity index is 1.40. The van der Waals surface area contributed by atoms with Crippen LogP contribution in [0.5, 0.6) is 5.75 Å². The molecule has 0 aliphatic rings. The van der Waals surface area contributed by atoms with Gasteiger partial charge in [0.25, 0.3) is 0 Å². The Morgan fingerprint density at radius 3 is 2.66 bits per heavy atom. The van der Waals surface area contributed by atoms with Crippen molar-refractivity contribution in [3.05, 3.63) is 114 Å². The lowest BCUT2D eigenvalue weighted by atomic mass is 10.1. The first-order valence-electron chi connectivity index (χ1n) is 9.42. The average Bonchev–Trinajstić information content (AvgIpc) is 3.44. The smallest absolute Gasteiger partial charge is 0.186 e. The average molecular weight is 383 g/mol. The lowest BCUT2D eigenvalue weighted by Gasteiger charge is -2.06. The molecule has 0 aliphatic heterocycles. The third-order valence-corrected chi connectivity index (χ3v) is 4.58. The molecule has 2 heterocycles. The summed E-state index contributed by atoms with van der Waals surface area (Å²) in [6, 6.07) is 23.0. The van der Waals surface area contributed by atoms with Crippen LogP contribution in [0.15, 0.2) is 95.7 Å². The number of rotatable bonds is 7. The minimum atomic E-state index is -0.0758. The molecule has 0 radical (unpaired) electrons. The van der Waals surface area contributed by atoms with E-state index in [1.807, 2.05) is 96.7 Å². The van der Waals surface area contributed by atoms with Crippen LogP contribution in [0, 0.1) is 6.92 Å². The van der Waals surface area contributed by atoms with Gasteiger partial charge in [0.05, 0.1) is 0 Å². The lowest BCUT2D eigenvalue weighted by Crippen LogP contribution is -1.97. The molecule has 0 saturated carbocycles. The molecule has 0 amide bonds. The molecule has 2 aromatic heterocycles. The molecule has 4 rings (SSSR count). The van der Waals surface area contributed by atoms with Crippen LogP contribution < -0.4 is 4.74 Å². The Bertz CT molecular complexity index is 1140. The second-order valence-electron chi connectivity index (χ2n) is 6.70. The quantitative estimate of drug-likeness (QED) is 0.297. The molecule has 144 valence electrons. The standard InChI is InChI=1S/C25H21NO3/c1-19-7-2-3-10-25(19)28-18-23-12-11-22(29-23)13-14-24(27)20-8-6-9-21(17-20)26-15-4-5-16-26/h2-17H,18H2,1H3/b14-13+. The number of hydrogen-bond acceptors (Lipinski definition) is 3. The molecule has 0 N–H and O–H groups in total. The maximum atomic E-state index is 12.5. The van der Waals surface area contributed by atoms with Crippen LogP contribution in [0.1, 0.15) is 27.4 Å². The van der Waals surface area contributed by atoms with E-state index in [9.17, 15) is 4.79 Å². The highest BCUT2D eigenvalue weighted by Gasteiger charge is 2.06. The van der Waals surface area contributed by atoms with Crippen LogP contribution in [0.3, 0.4) is 0 Å². The van der Waals surface area contributed by atoms with Crippen molar-refractivity contribution in [3.8, 4) is 11.4 Å². The fourth-order valence-electron chi connectivity index (χ4n) is 3.01. The number of ether oxygens (including phenoxy) is 1. The third-order valence-electron chi connectivity index (χ3n) is 4.58. The molecule has 0 saturated heterocycles. The molecule has 0 atom stereocenters. The van der Waals surface area contributed by atoms with E-state index in [2.05, 4.69) is 0 Å². The molecule has 0 fully saturated rings. The van der Waals surface area contributed by atoms with Gasteiger partial charge in [-0.15, -0.1) is 0 Å². The van der Waals surface area contributed by atoms with Crippen molar-refractivity contribution in [1.82, 2.24) is 4.57 Å². The first-order valence-corrected chi connectivity index (χ1v) is 9.42. The van der Waals surface area contributed by atoms with E-state index in [4.69, 9.17) is 9.15 Å². The van der Waals surface area contributed by atoms with Gasteiger partial charge in [0.15, 0.2) is 5.78 Å². The fourth-order valence-corrected chi connectivity index (χ4v) is 3.01. The summed E-state index contributed by atoms with van der Waals surface area (Å²) in [6.45, 7) is 2.34. The van der Waals surface area contributed by atoms with E-state index in [1.165, 1.54) is 6.08 Å². The number of hydrogen-bond donors (Lipinski definition) is 0. The number of allylic oxidation sites excluding steroid dienone is 1. The molecule has 4 heteroatoms. The Morgan fingerprint density at radius 1 is 1.00 bits per heavy atom. The number of carbonyl (C=O) groups is 1. The number of para-hydroxylation sites is 1. The van der Waals surface area contributed by atoms with Crippen molar-refractivity contribution in [2.24, 2.45) is 0 Å². The van der Waals surface area contributed by atoms with E-state index in [0.29, 0.717) is 23.7 Å². The molecule has 4 nitrogen and oxygen atoms in total. The Labute approximate surface area is 169 Å². The van der Waals surface area contributed by atoms with Gasteiger partial charge in [-0.2, -0.15) is 0 Å². The summed E-state index contributed by atoms with van der Waals surface area (Å²) in [5.41, 5.74) is 2.65. The Morgan fingerprint density at radius 2 is 1.83 bits per heavy atom. The molecule has 4 aromatic rings. The molecule has 0 aliphatic carbocycles. The second-order valence-corrected chi connectivity index (χ2v) is 6.70. The maximum Gasteiger partial charge on any atom is 0.186 e. The molecule has 29 heavy (non-hydrogen) atoms. The number of aromatic nitrogens is 1. The normalized spacial score (nSPS) is 11.1. The van der Waals surface area contributed by atoms with E-state index < -0.39 is 0 Å². The van der Waals surface area contributed by atoms with E-state index in [-0.39, 0.29) is 5.78 Å². The number of furan rings is 1. The van der Waals surface area contributed by atoms with Gasteiger partial charge in [-0.1, -0.05) is 30.3 Å². The monoisotopic (exact) mass is 383 g/mol. The first-order chi connectivity index (χ1) is 14.2. The van der Waals surface area contributed by atoms with Crippen LogP contribution in [0.4, 0.5) is 0 Å². The highest BCUT2D eigenvalue weighted by molar-refractivity contribution is 6.06. The highest BCUT2D eigenvalue weighted by atomic mass is 16.5. The van der Waals surface area contributed by atoms with E-state index >= 15 is 0 Å². The van der Waals surface area contributed by atoms with Gasteiger partial charge in [0.1, 0.15) is 23.9 Å². The topological polar surface area (TPSA) is 44.4 Å². The first kappa shape index (κ1) is 18.6. The van der Waals surface area contributed by atoms with E-state index in [0.717, 1.165) is 17.0 Å². The number of nitrogens with zero attached hydrogens (tertiary/aromatic N) is 1. The summed E-state index contributed by atoms with van der Waals surface area (Å²) in [5.74, 6) is 2.07. The van der Waals surface area contributed by atoms with Crippen molar-refractivity contribution >= 4 is 11.9 Å². The Kier molecular flexibility index (Phi) is 5.43. The summed E-state index contributed by atoms with van der Waals surface area (Å²) in [5, 5.41) is 0. The molecular weight excluding hydrogens is 362 g/mol. The van der Waals surface area contributed by atoms with Gasteiger partial charge in [0, 0.05) is 23.6 Å². The van der Waals surface area contributed by atoms with Gasteiger partial charge < -0.3 is 13.7 Å². The third kappa shape index (κ3) is 4.55. The number of ketones is 1. The van der Waals surface area contributed by atoms with Gasteiger partial charge in [-0.25, -0.2) is 0 Å². The zero-order valence-corrected chi connectivity index (χ0v) is 16.1. The zero-order valence-electron chi connectivity index (χ0n) is 16.1. The largest absolute Gasteiger partial charge is 0.485 e. The van der Waals surface area contributed by atoms with Gasteiger partial charge in [-0.05, 0) is 67.1 Å². The number of benzene rings is 2. The molecule has 0 spiro atoms. The Hall–Kier alpha value is -3.79. The van der Waals surface area contributed by atoms with Gasteiger partial charge in [-0.3, -0.25) is 4.79 Å². The van der Waals surface area contributed by atoms with E-state index in [1.54, 1.807) is 6.08 Å². The summed E-state index contributed by atoms with van der Waals surface area (Å²) >= 11 is 0. The molecule has 2 aromatic carbocycles. The van der Waals surface area contributed by atoms with Crippen molar-refractivity contribution in [2.45, 2.75) is 13.5 Å². The fraction of sp³-hybridized carbons (Fsp3) is 0.0800.